The highest BCUT2D eigenvalue weighted by molar-refractivity contribution is 5.14. The Kier molecular flexibility index (Phi) is 4.18. The van der Waals surface area contributed by atoms with E-state index in [1.54, 1.807) is 0 Å². The molecule has 0 radical (unpaired) electrons. The van der Waals surface area contributed by atoms with Gasteiger partial charge in [0.25, 0.3) is 0 Å². The second-order valence-electron chi connectivity index (χ2n) is 5.32. The standard InChI is InChI=1S/C13H24N4/c1-11-13(10-17(3)15-11)9-16(2)8-12-5-4-6-14-7-12/h10,12,14H,4-9H2,1-3H3/t12-/m1/s1. The molecular weight excluding hydrogens is 212 g/mol. The molecule has 0 bridgehead atoms. The fourth-order valence-corrected chi connectivity index (χ4v) is 2.68. The van der Waals surface area contributed by atoms with Crippen molar-refractivity contribution < 1.29 is 0 Å². The van der Waals surface area contributed by atoms with Gasteiger partial charge >= 0.3 is 0 Å². The minimum absolute atomic E-state index is 0.811. The first kappa shape index (κ1) is 12.6. The number of aryl methyl sites for hydroxylation is 2. The van der Waals surface area contributed by atoms with Gasteiger partial charge in [-0.3, -0.25) is 4.68 Å². The number of aromatic nitrogens is 2. The molecule has 4 nitrogen and oxygen atoms in total. The maximum Gasteiger partial charge on any atom is 0.0638 e. The first-order valence-corrected chi connectivity index (χ1v) is 6.53. The summed E-state index contributed by atoms with van der Waals surface area (Å²) in [5.74, 6) is 0.811. The van der Waals surface area contributed by atoms with Gasteiger partial charge in [-0.15, -0.1) is 0 Å². The lowest BCUT2D eigenvalue weighted by Gasteiger charge is -2.27. The van der Waals surface area contributed by atoms with Crippen LogP contribution in [0.2, 0.25) is 0 Å². The molecular formula is C13H24N4. The summed E-state index contributed by atoms with van der Waals surface area (Å²) in [7, 11) is 4.20. The number of piperidine rings is 1. The zero-order valence-corrected chi connectivity index (χ0v) is 11.2. The highest BCUT2D eigenvalue weighted by Crippen LogP contribution is 2.13. The molecule has 0 amide bonds. The predicted molar refractivity (Wildman–Crippen MR) is 69.9 cm³/mol. The molecule has 1 aliphatic rings. The van der Waals surface area contributed by atoms with Gasteiger partial charge in [-0.1, -0.05) is 0 Å². The van der Waals surface area contributed by atoms with Crippen molar-refractivity contribution in [3.63, 3.8) is 0 Å². The molecule has 2 rings (SSSR count). The van der Waals surface area contributed by atoms with Crippen molar-refractivity contribution >= 4 is 0 Å². The molecule has 96 valence electrons. The van der Waals surface area contributed by atoms with Crippen LogP contribution in [-0.4, -0.2) is 41.4 Å². The van der Waals surface area contributed by atoms with E-state index in [2.05, 4.69) is 35.5 Å². The number of hydrogen-bond acceptors (Lipinski definition) is 3. The van der Waals surface area contributed by atoms with E-state index in [9.17, 15) is 0 Å². The van der Waals surface area contributed by atoms with E-state index in [0.717, 1.165) is 18.2 Å². The third-order valence-corrected chi connectivity index (χ3v) is 3.52. The van der Waals surface area contributed by atoms with Gasteiger partial charge in [0.05, 0.1) is 5.69 Å². The van der Waals surface area contributed by atoms with Crippen molar-refractivity contribution in [2.24, 2.45) is 13.0 Å². The molecule has 4 heteroatoms. The average molecular weight is 236 g/mol. The lowest BCUT2D eigenvalue weighted by Crippen LogP contribution is -2.36. The van der Waals surface area contributed by atoms with Crippen molar-refractivity contribution in [3.05, 3.63) is 17.5 Å². The molecule has 1 fully saturated rings. The summed E-state index contributed by atoms with van der Waals surface area (Å²) >= 11 is 0. The van der Waals surface area contributed by atoms with E-state index in [0.29, 0.717) is 0 Å². The summed E-state index contributed by atoms with van der Waals surface area (Å²) in [6.07, 6.45) is 4.82. The molecule has 1 N–H and O–H groups in total. The van der Waals surface area contributed by atoms with Crippen molar-refractivity contribution in [1.82, 2.24) is 20.0 Å². The molecule has 1 aromatic heterocycles. The third kappa shape index (κ3) is 3.54. The highest BCUT2D eigenvalue weighted by Gasteiger charge is 2.15. The minimum atomic E-state index is 0.811. The molecule has 0 spiro atoms. The van der Waals surface area contributed by atoms with Crippen LogP contribution >= 0.6 is 0 Å². The Balaban J connectivity index is 1.83. The summed E-state index contributed by atoms with van der Waals surface area (Å²) in [5, 5.41) is 7.87. The first-order valence-electron chi connectivity index (χ1n) is 6.53. The molecule has 1 saturated heterocycles. The highest BCUT2D eigenvalue weighted by atomic mass is 15.3. The largest absolute Gasteiger partial charge is 0.316 e. The zero-order valence-electron chi connectivity index (χ0n) is 11.2. The molecule has 1 atom stereocenters. The summed E-state index contributed by atoms with van der Waals surface area (Å²) in [5.41, 5.74) is 2.50. The third-order valence-electron chi connectivity index (χ3n) is 3.52. The Morgan fingerprint density at radius 1 is 1.59 bits per heavy atom. The minimum Gasteiger partial charge on any atom is -0.316 e. The summed E-state index contributed by atoms with van der Waals surface area (Å²) in [6.45, 7) is 6.65. The van der Waals surface area contributed by atoms with Crippen LogP contribution in [0.4, 0.5) is 0 Å². The number of hydrogen-bond donors (Lipinski definition) is 1. The smallest absolute Gasteiger partial charge is 0.0638 e. The fourth-order valence-electron chi connectivity index (χ4n) is 2.68. The summed E-state index contributed by atoms with van der Waals surface area (Å²) in [6, 6.07) is 0. The summed E-state index contributed by atoms with van der Waals surface area (Å²) in [4.78, 5) is 2.42. The van der Waals surface area contributed by atoms with Gasteiger partial charge in [-0.2, -0.15) is 5.10 Å². The Bertz CT molecular complexity index is 352. The summed E-state index contributed by atoms with van der Waals surface area (Å²) < 4.78 is 1.90. The van der Waals surface area contributed by atoms with E-state index < -0.39 is 0 Å². The second-order valence-corrected chi connectivity index (χ2v) is 5.32. The van der Waals surface area contributed by atoms with Crippen molar-refractivity contribution in [3.8, 4) is 0 Å². The average Bonchev–Trinajstić information content (AvgIpc) is 2.58. The topological polar surface area (TPSA) is 33.1 Å². The van der Waals surface area contributed by atoms with E-state index in [1.165, 1.54) is 38.0 Å². The molecule has 0 aromatic carbocycles. The van der Waals surface area contributed by atoms with Gasteiger partial charge in [0, 0.05) is 31.9 Å². The first-order chi connectivity index (χ1) is 8.15. The Hall–Kier alpha value is -0.870. The van der Waals surface area contributed by atoms with Gasteiger partial charge < -0.3 is 10.2 Å². The van der Waals surface area contributed by atoms with E-state index in [4.69, 9.17) is 0 Å². The molecule has 0 saturated carbocycles. The number of nitrogens with one attached hydrogen (secondary N) is 1. The van der Waals surface area contributed by atoms with Crippen LogP contribution in [0.15, 0.2) is 6.20 Å². The van der Waals surface area contributed by atoms with Crippen LogP contribution < -0.4 is 5.32 Å². The normalized spacial score (nSPS) is 21.1. The maximum absolute atomic E-state index is 4.39. The Labute approximate surface area is 104 Å². The SMILES string of the molecule is Cc1nn(C)cc1CN(C)C[C@@H]1CCCNC1. The van der Waals surface area contributed by atoms with Crippen molar-refractivity contribution in [2.75, 3.05) is 26.7 Å². The monoisotopic (exact) mass is 236 g/mol. The Morgan fingerprint density at radius 2 is 2.41 bits per heavy atom. The van der Waals surface area contributed by atoms with E-state index >= 15 is 0 Å². The van der Waals surface area contributed by atoms with E-state index in [1.807, 2.05) is 11.7 Å². The van der Waals surface area contributed by atoms with Crippen LogP contribution in [0.1, 0.15) is 24.1 Å². The fraction of sp³-hybridized carbons (Fsp3) is 0.769. The molecule has 0 unspecified atom stereocenters. The van der Waals surface area contributed by atoms with Gasteiger partial charge in [-0.25, -0.2) is 0 Å². The second kappa shape index (κ2) is 5.65. The number of nitrogens with zero attached hydrogens (tertiary/aromatic N) is 3. The lowest BCUT2D eigenvalue weighted by molar-refractivity contribution is 0.237. The Morgan fingerprint density at radius 3 is 3.00 bits per heavy atom. The lowest BCUT2D eigenvalue weighted by atomic mass is 9.99. The predicted octanol–water partition coefficient (Wildman–Crippen LogP) is 1.16. The molecule has 1 aliphatic heterocycles. The van der Waals surface area contributed by atoms with Gasteiger partial charge in [-0.05, 0) is 45.8 Å². The molecule has 0 aliphatic carbocycles. The maximum atomic E-state index is 4.39. The van der Waals surface area contributed by atoms with Crippen LogP contribution in [0.5, 0.6) is 0 Å². The van der Waals surface area contributed by atoms with Crippen molar-refractivity contribution in [2.45, 2.75) is 26.3 Å². The number of rotatable bonds is 4. The zero-order chi connectivity index (χ0) is 12.3. The van der Waals surface area contributed by atoms with Crippen LogP contribution in [-0.2, 0) is 13.6 Å². The van der Waals surface area contributed by atoms with Gasteiger partial charge in [0.15, 0.2) is 0 Å². The van der Waals surface area contributed by atoms with E-state index in [-0.39, 0.29) is 0 Å². The van der Waals surface area contributed by atoms with Crippen LogP contribution in [0.3, 0.4) is 0 Å². The molecule has 1 aromatic rings. The van der Waals surface area contributed by atoms with Gasteiger partial charge in [0.1, 0.15) is 0 Å². The van der Waals surface area contributed by atoms with Gasteiger partial charge in [0.2, 0.25) is 0 Å². The van der Waals surface area contributed by atoms with Crippen molar-refractivity contribution in [1.29, 1.82) is 0 Å². The van der Waals surface area contributed by atoms with Crippen LogP contribution in [0.25, 0.3) is 0 Å². The molecule has 17 heavy (non-hydrogen) atoms. The van der Waals surface area contributed by atoms with Crippen LogP contribution in [0, 0.1) is 12.8 Å². The quantitative estimate of drug-likeness (QED) is 0.851. The molecule has 2 heterocycles.